The third-order valence-electron chi connectivity index (χ3n) is 11.4. The molecular formula is C52H42N4OS. The Bertz CT molecular complexity index is 3190. The maximum Gasteiger partial charge on any atom is 0.135 e. The summed E-state index contributed by atoms with van der Waals surface area (Å²) in [5.41, 5.74) is 24.9. The molecular weight excluding hydrogens is 729 g/mol. The van der Waals surface area contributed by atoms with Gasteiger partial charge in [0.25, 0.3) is 0 Å². The van der Waals surface area contributed by atoms with Crippen LogP contribution in [0.2, 0.25) is 0 Å². The number of nitrogens with two attached hydrogens (primary N) is 2. The predicted octanol–water partition coefficient (Wildman–Crippen LogP) is 13.1. The van der Waals surface area contributed by atoms with Gasteiger partial charge in [0, 0.05) is 49.4 Å². The molecule has 3 aromatic heterocycles. The van der Waals surface area contributed by atoms with Crippen LogP contribution < -0.4 is 11.5 Å². The van der Waals surface area contributed by atoms with Crippen molar-refractivity contribution in [3.8, 4) is 16.8 Å². The molecule has 0 aliphatic heterocycles. The molecule has 6 heteroatoms. The van der Waals surface area contributed by atoms with E-state index in [0.717, 1.165) is 45.9 Å². The van der Waals surface area contributed by atoms with Crippen molar-refractivity contribution < 1.29 is 4.42 Å². The summed E-state index contributed by atoms with van der Waals surface area (Å²) in [5.74, 6) is 0.585. The van der Waals surface area contributed by atoms with Gasteiger partial charge < -0.3 is 20.5 Å². The number of rotatable bonds is 6. The first-order chi connectivity index (χ1) is 28.6. The number of aliphatic imine (C=N–C) groups is 1. The van der Waals surface area contributed by atoms with Gasteiger partial charge in [0.1, 0.15) is 17.0 Å². The van der Waals surface area contributed by atoms with Gasteiger partial charge in [-0.2, -0.15) is 0 Å². The zero-order valence-corrected chi connectivity index (χ0v) is 33.0. The summed E-state index contributed by atoms with van der Waals surface area (Å²) in [4.78, 5) is 4.51. The number of para-hydroxylation sites is 1. The fraction of sp³-hybridized carbons (Fsp3) is 0.0962. The maximum absolute atomic E-state index is 6.20. The van der Waals surface area contributed by atoms with Crippen molar-refractivity contribution in [3.63, 3.8) is 0 Å². The zero-order valence-electron chi connectivity index (χ0n) is 32.2. The lowest BCUT2D eigenvalue weighted by Crippen LogP contribution is -2.14. The Balaban J connectivity index is 0.000000202. The van der Waals surface area contributed by atoms with E-state index in [-0.39, 0.29) is 6.04 Å². The summed E-state index contributed by atoms with van der Waals surface area (Å²) in [6, 6.07) is 55.1. The third kappa shape index (κ3) is 6.18. The number of aromatic nitrogens is 1. The fourth-order valence-electron chi connectivity index (χ4n) is 8.63. The Morgan fingerprint density at radius 3 is 2.34 bits per heavy atom. The summed E-state index contributed by atoms with van der Waals surface area (Å²) in [5, 5.41) is 6.20. The standard InChI is InChI=1S/C37H26N2OS.C15H16N2/c38-21-23-8-5-16-33-35(23)28-20-22(18-19-32(28)40-33)24-11-7-17-34-36(24)27-12-6-15-31(37(27)41-34)39-29-13-3-1-9-25(29)26-10-2-4-14-30(26)39;1-12(13-8-4-2-5-9-13)17-15(16)14-10-6-3-7-11-14/h1,3-9,11-20H,2,10,21,38H2;2-12H,1H3,(H2,16,17). The van der Waals surface area contributed by atoms with Crippen molar-refractivity contribution in [2.45, 2.75) is 32.4 Å². The average molecular weight is 771 g/mol. The molecule has 0 radical (unpaired) electrons. The molecule has 5 nitrogen and oxygen atoms in total. The monoisotopic (exact) mass is 770 g/mol. The first kappa shape index (κ1) is 35.7. The molecule has 0 amide bonds. The smallest absolute Gasteiger partial charge is 0.135 e. The minimum Gasteiger partial charge on any atom is -0.456 e. The molecule has 1 unspecified atom stereocenters. The van der Waals surface area contributed by atoms with Gasteiger partial charge in [0.2, 0.25) is 0 Å². The van der Waals surface area contributed by atoms with Crippen LogP contribution in [0.4, 0.5) is 0 Å². The number of furan rings is 1. The average Bonchev–Trinajstić information content (AvgIpc) is 3.97. The van der Waals surface area contributed by atoms with E-state index in [1.54, 1.807) is 0 Å². The molecule has 58 heavy (non-hydrogen) atoms. The number of thiophene rings is 1. The summed E-state index contributed by atoms with van der Waals surface area (Å²) >= 11 is 1.89. The van der Waals surface area contributed by atoms with Crippen LogP contribution >= 0.6 is 11.3 Å². The van der Waals surface area contributed by atoms with Gasteiger partial charge in [-0.05, 0) is 90.1 Å². The molecule has 1 aliphatic carbocycles. The third-order valence-corrected chi connectivity index (χ3v) is 12.6. The highest BCUT2D eigenvalue weighted by Gasteiger charge is 2.22. The molecule has 0 saturated carbocycles. The normalized spacial score (nSPS) is 13.3. The summed E-state index contributed by atoms with van der Waals surface area (Å²) in [6.45, 7) is 2.53. The van der Waals surface area contributed by atoms with Crippen molar-refractivity contribution in [2.24, 2.45) is 16.5 Å². The second kappa shape index (κ2) is 15.0. The van der Waals surface area contributed by atoms with Gasteiger partial charge >= 0.3 is 0 Å². The lowest BCUT2D eigenvalue weighted by Gasteiger charge is -2.13. The Morgan fingerprint density at radius 2 is 1.50 bits per heavy atom. The molecule has 0 spiro atoms. The van der Waals surface area contributed by atoms with Gasteiger partial charge in [0.05, 0.1) is 21.9 Å². The van der Waals surface area contributed by atoms with Gasteiger partial charge in [-0.1, -0.05) is 127 Å². The van der Waals surface area contributed by atoms with E-state index in [1.165, 1.54) is 64.7 Å². The quantitative estimate of drug-likeness (QED) is 0.130. The summed E-state index contributed by atoms with van der Waals surface area (Å²) < 4.78 is 11.3. The van der Waals surface area contributed by atoms with Crippen LogP contribution in [0.25, 0.3) is 75.9 Å². The highest BCUT2D eigenvalue weighted by atomic mass is 32.1. The minimum atomic E-state index is 0.0800. The highest BCUT2D eigenvalue weighted by Crippen LogP contribution is 2.45. The van der Waals surface area contributed by atoms with Gasteiger partial charge in [-0.25, -0.2) is 0 Å². The van der Waals surface area contributed by atoms with Crippen LogP contribution in [0.3, 0.4) is 0 Å². The predicted molar refractivity (Wildman–Crippen MR) is 246 cm³/mol. The van der Waals surface area contributed by atoms with Crippen molar-refractivity contribution in [1.82, 2.24) is 4.57 Å². The molecule has 0 saturated heterocycles. The molecule has 4 N–H and O–H groups in total. The topological polar surface area (TPSA) is 82.5 Å². The number of hydrogen-bond donors (Lipinski definition) is 2. The van der Waals surface area contributed by atoms with Crippen molar-refractivity contribution in [3.05, 3.63) is 192 Å². The van der Waals surface area contributed by atoms with Gasteiger partial charge in [-0.15, -0.1) is 11.3 Å². The number of nitrogens with zero attached hydrogens (tertiary/aromatic N) is 2. The molecule has 282 valence electrons. The number of amidine groups is 1. The minimum absolute atomic E-state index is 0.0800. The zero-order chi connectivity index (χ0) is 39.2. The van der Waals surface area contributed by atoms with E-state index in [0.29, 0.717) is 12.4 Å². The first-order valence-corrected chi connectivity index (χ1v) is 20.7. The second-order valence-corrected chi connectivity index (χ2v) is 15.9. The van der Waals surface area contributed by atoms with E-state index in [9.17, 15) is 0 Å². The van der Waals surface area contributed by atoms with Crippen molar-refractivity contribution in [1.29, 1.82) is 0 Å². The number of hydrogen-bond acceptors (Lipinski definition) is 4. The first-order valence-electron chi connectivity index (χ1n) is 19.9. The van der Waals surface area contributed by atoms with Gasteiger partial charge in [-0.3, -0.25) is 4.99 Å². The number of fused-ring (bicyclic) bond motifs is 9. The van der Waals surface area contributed by atoms with E-state index < -0.39 is 0 Å². The van der Waals surface area contributed by atoms with Crippen LogP contribution in [0.5, 0.6) is 0 Å². The Hall–Kier alpha value is -6.73. The van der Waals surface area contributed by atoms with E-state index in [1.807, 2.05) is 78.9 Å². The molecule has 0 fully saturated rings. The van der Waals surface area contributed by atoms with Crippen LogP contribution in [-0.4, -0.2) is 10.4 Å². The number of benzene rings is 7. The van der Waals surface area contributed by atoms with Crippen LogP contribution in [0.15, 0.2) is 173 Å². The van der Waals surface area contributed by atoms with Gasteiger partial charge in [0.15, 0.2) is 0 Å². The Kier molecular flexibility index (Phi) is 9.21. The molecule has 10 aromatic rings. The van der Waals surface area contributed by atoms with Crippen LogP contribution in [0, 0.1) is 0 Å². The second-order valence-electron chi connectivity index (χ2n) is 14.9. The Morgan fingerprint density at radius 1 is 0.741 bits per heavy atom. The molecule has 3 heterocycles. The largest absolute Gasteiger partial charge is 0.456 e. The summed E-state index contributed by atoms with van der Waals surface area (Å²) in [7, 11) is 0. The Labute approximate surface area is 341 Å². The fourth-order valence-corrected chi connectivity index (χ4v) is 9.86. The van der Waals surface area contributed by atoms with E-state index in [2.05, 4.69) is 119 Å². The lowest BCUT2D eigenvalue weighted by molar-refractivity contribution is 0.668. The van der Waals surface area contributed by atoms with E-state index in [4.69, 9.17) is 15.9 Å². The van der Waals surface area contributed by atoms with Crippen molar-refractivity contribution >= 4 is 76.3 Å². The molecule has 11 rings (SSSR count). The summed E-state index contributed by atoms with van der Waals surface area (Å²) in [6.07, 6.45) is 6.81. The van der Waals surface area contributed by atoms with Crippen LogP contribution in [-0.2, 0) is 13.0 Å². The van der Waals surface area contributed by atoms with Crippen molar-refractivity contribution in [2.75, 3.05) is 0 Å². The van der Waals surface area contributed by atoms with Crippen LogP contribution in [0.1, 0.15) is 47.3 Å². The molecule has 1 aliphatic rings. The lowest BCUT2D eigenvalue weighted by atomic mass is 9.97. The molecule has 1 atom stereocenters. The highest BCUT2D eigenvalue weighted by molar-refractivity contribution is 7.26. The maximum atomic E-state index is 6.20. The molecule has 0 bridgehead atoms. The SMILES string of the molecule is CC(N=C(N)c1ccccc1)c1ccccc1.NCc1cccc2oc3ccc(-c4cccc5sc6c(-n7c8c(c9ccccc97)CCC=C8)cccc6c45)cc3c12. The number of allylic oxidation sites excluding steroid dienone is 1. The van der Waals surface area contributed by atoms with E-state index >= 15 is 0 Å². The molecule has 7 aromatic carbocycles. The number of aryl methyl sites for hydroxylation is 1.